The van der Waals surface area contributed by atoms with E-state index in [-0.39, 0.29) is 5.92 Å². The van der Waals surface area contributed by atoms with Crippen LogP contribution in [0.15, 0.2) is 27.6 Å². The molecule has 0 aliphatic rings. The summed E-state index contributed by atoms with van der Waals surface area (Å²) in [5.41, 5.74) is 6.34. The van der Waals surface area contributed by atoms with Crippen LogP contribution in [0.5, 0.6) is 0 Å². The molecule has 90 valence electrons. The average molecular weight is 306 g/mol. The molecule has 0 radical (unpaired) electrons. The average Bonchev–Trinajstić information content (AvgIpc) is 2.16. The van der Waals surface area contributed by atoms with Crippen LogP contribution in [-0.4, -0.2) is 21.2 Å². The highest BCUT2D eigenvalue weighted by Gasteiger charge is 2.17. The first kappa shape index (κ1) is 13.7. The van der Waals surface area contributed by atoms with Crippen LogP contribution in [0, 0.1) is 0 Å². The number of rotatable bonds is 4. The van der Waals surface area contributed by atoms with Crippen LogP contribution in [-0.2, 0) is 9.84 Å². The molecule has 1 atom stereocenters. The molecule has 0 aromatic heterocycles. The van der Waals surface area contributed by atoms with Gasteiger partial charge in [0.2, 0.25) is 0 Å². The van der Waals surface area contributed by atoms with Crippen molar-refractivity contribution in [3.05, 3.63) is 28.2 Å². The van der Waals surface area contributed by atoms with Crippen molar-refractivity contribution in [2.45, 2.75) is 24.2 Å². The van der Waals surface area contributed by atoms with Crippen LogP contribution in [0.4, 0.5) is 0 Å². The summed E-state index contributed by atoms with van der Waals surface area (Å²) in [6, 6.07) is 5.24. The van der Waals surface area contributed by atoms with Crippen molar-refractivity contribution in [1.82, 2.24) is 0 Å². The first-order valence-electron chi connectivity index (χ1n) is 5.06. The van der Waals surface area contributed by atoms with Gasteiger partial charge in [-0.2, -0.15) is 0 Å². The fourth-order valence-corrected chi connectivity index (χ4v) is 3.03. The molecular weight excluding hydrogens is 290 g/mol. The number of sulfone groups is 1. The Morgan fingerprint density at radius 1 is 1.44 bits per heavy atom. The maximum absolute atomic E-state index is 11.6. The molecule has 2 N–H and O–H groups in total. The summed E-state index contributed by atoms with van der Waals surface area (Å²) in [5.74, 6) is 0.146. The lowest BCUT2D eigenvalue weighted by Gasteiger charge is -2.15. The predicted molar refractivity (Wildman–Crippen MR) is 69.3 cm³/mol. The molecule has 0 fully saturated rings. The van der Waals surface area contributed by atoms with E-state index >= 15 is 0 Å². The summed E-state index contributed by atoms with van der Waals surface area (Å²) < 4.78 is 24.1. The number of hydrogen-bond donors (Lipinski definition) is 1. The van der Waals surface area contributed by atoms with Gasteiger partial charge < -0.3 is 5.73 Å². The highest BCUT2D eigenvalue weighted by Crippen LogP contribution is 2.28. The van der Waals surface area contributed by atoms with E-state index in [0.29, 0.717) is 11.4 Å². The topological polar surface area (TPSA) is 60.2 Å². The molecule has 5 heteroatoms. The van der Waals surface area contributed by atoms with E-state index in [1.54, 1.807) is 12.1 Å². The SMILES string of the molecule is CC(CCN)c1cc(Br)ccc1S(C)(=O)=O. The summed E-state index contributed by atoms with van der Waals surface area (Å²) in [6.07, 6.45) is 2.01. The van der Waals surface area contributed by atoms with Gasteiger partial charge in [-0.25, -0.2) is 8.42 Å². The van der Waals surface area contributed by atoms with Gasteiger partial charge in [-0.15, -0.1) is 0 Å². The molecule has 3 nitrogen and oxygen atoms in total. The molecule has 0 amide bonds. The maximum Gasteiger partial charge on any atom is 0.175 e. The maximum atomic E-state index is 11.6. The molecule has 0 spiro atoms. The van der Waals surface area contributed by atoms with E-state index in [1.807, 2.05) is 13.0 Å². The molecule has 0 aliphatic carbocycles. The minimum atomic E-state index is -3.18. The summed E-state index contributed by atoms with van der Waals surface area (Å²) in [7, 11) is -3.18. The zero-order valence-electron chi connectivity index (χ0n) is 9.40. The fraction of sp³-hybridized carbons (Fsp3) is 0.455. The van der Waals surface area contributed by atoms with Gasteiger partial charge in [0, 0.05) is 10.7 Å². The van der Waals surface area contributed by atoms with Crippen LogP contribution in [0.1, 0.15) is 24.8 Å². The van der Waals surface area contributed by atoms with Crippen LogP contribution in [0.25, 0.3) is 0 Å². The molecule has 1 rings (SSSR count). The van der Waals surface area contributed by atoms with Crippen LogP contribution >= 0.6 is 15.9 Å². The van der Waals surface area contributed by atoms with Gasteiger partial charge in [-0.1, -0.05) is 22.9 Å². The minimum Gasteiger partial charge on any atom is -0.330 e. The number of halogens is 1. The van der Waals surface area contributed by atoms with Gasteiger partial charge in [-0.3, -0.25) is 0 Å². The van der Waals surface area contributed by atoms with Crippen molar-refractivity contribution in [3.63, 3.8) is 0 Å². The Bertz CT molecular complexity index is 471. The van der Waals surface area contributed by atoms with Crippen molar-refractivity contribution in [2.75, 3.05) is 12.8 Å². The van der Waals surface area contributed by atoms with E-state index < -0.39 is 9.84 Å². The Balaban J connectivity index is 3.29. The first-order valence-corrected chi connectivity index (χ1v) is 7.74. The summed E-state index contributed by atoms with van der Waals surface area (Å²) in [4.78, 5) is 0.400. The van der Waals surface area contributed by atoms with E-state index in [2.05, 4.69) is 15.9 Å². The lowest BCUT2D eigenvalue weighted by molar-refractivity contribution is 0.596. The number of nitrogens with two attached hydrogens (primary N) is 1. The molecule has 0 aliphatic heterocycles. The molecule has 0 saturated carbocycles. The van der Waals surface area contributed by atoms with Crippen molar-refractivity contribution in [1.29, 1.82) is 0 Å². The monoisotopic (exact) mass is 305 g/mol. The third-order valence-corrected chi connectivity index (χ3v) is 4.17. The van der Waals surface area contributed by atoms with Crippen molar-refractivity contribution in [3.8, 4) is 0 Å². The van der Waals surface area contributed by atoms with Crippen LogP contribution < -0.4 is 5.73 Å². The Morgan fingerprint density at radius 2 is 2.06 bits per heavy atom. The van der Waals surface area contributed by atoms with Gasteiger partial charge in [-0.05, 0) is 42.6 Å². The van der Waals surface area contributed by atoms with E-state index in [4.69, 9.17) is 5.73 Å². The van der Waals surface area contributed by atoms with Crippen molar-refractivity contribution >= 4 is 25.8 Å². The van der Waals surface area contributed by atoms with Gasteiger partial charge in [0.25, 0.3) is 0 Å². The molecule has 16 heavy (non-hydrogen) atoms. The first-order chi connectivity index (χ1) is 7.36. The third kappa shape index (κ3) is 3.30. The lowest BCUT2D eigenvalue weighted by atomic mass is 9.98. The van der Waals surface area contributed by atoms with Gasteiger partial charge in [0.15, 0.2) is 9.84 Å². The quantitative estimate of drug-likeness (QED) is 0.928. The second-order valence-corrected chi connectivity index (χ2v) is 6.83. The van der Waals surface area contributed by atoms with Crippen molar-refractivity contribution in [2.24, 2.45) is 5.73 Å². The van der Waals surface area contributed by atoms with Crippen LogP contribution in [0.2, 0.25) is 0 Å². The molecule has 0 saturated heterocycles. The second-order valence-electron chi connectivity index (χ2n) is 3.93. The number of benzene rings is 1. The van der Waals surface area contributed by atoms with Gasteiger partial charge in [0.1, 0.15) is 0 Å². The Morgan fingerprint density at radius 3 is 2.56 bits per heavy atom. The smallest absolute Gasteiger partial charge is 0.175 e. The van der Waals surface area contributed by atoms with Crippen LogP contribution in [0.3, 0.4) is 0 Å². The minimum absolute atomic E-state index is 0.146. The molecule has 0 bridgehead atoms. The zero-order chi connectivity index (χ0) is 12.3. The summed E-state index contributed by atoms with van der Waals surface area (Å²) in [6.45, 7) is 2.54. The Kier molecular flexibility index (Phi) is 4.52. The van der Waals surface area contributed by atoms with Crippen molar-refractivity contribution < 1.29 is 8.42 Å². The Labute approximate surface area is 105 Å². The molecule has 1 aromatic carbocycles. The van der Waals surface area contributed by atoms with E-state index in [9.17, 15) is 8.42 Å². The standard InChI is InChI=1S/C11H16BrNO2S/c1-8(5-6-13)10-7-9(12)3-4-11(10)16(2,14)15/h3-4,7-8H,5-6,13H2,1-2H3. The molecule has 1 unspecified atom stereocenters. The van der Waals surface area contributed by atoms with E-state index in [0.717, 1.165) is 16.5 Å². The largest absolute Gasteiger partial charge is 0.330 e. The van der Waals surface area contributed by atoms with Gasteiger partial charge >= 0.3 is 0 Å². The third-order valence-electron chi connectivity index (χ3n) is 2.50. The highest BCUT2D eigenvalue weighted by atomic mass is 79.9. The second kappa shape index (κ2) is 5.29. The number of hydrogen-bond acceptors (Lipinski definition) is 3. The molecular formula is C11H16BrNO2S. The normalized spacial score (nSPS) is 13.8. The summed E-state index contributed by atoms with van der Waals surface area (Å²) >= 11 is 3.36. The Hall–Kier alpha value is -0.390. The molecule has 0 heterocycles. The predicted octanol–water partition coefficient (Wildman–Crippen LogP) is 2.30. The zero-order valence-corrected chi connectivity index (χ0v) is 11.8. The summed E-state index contributed by atoms with van der Waals surface area (Å²) in [5, 5.41) is 0. The van der Waals surface area contributed by atoms with Gasteiger partial charge in [0.05, 0.1) is 4.90 Å². The fourth-order valence-electron chi connectivity index (χ4n) is 1.65. The highest BCUT2D eigenvalue weighted by molar-refractivity contribution is 9.10. The molecule has 1 aromatic rings. The van der Waals surface area contributed by atoms with E-state index in [1.165, 1.54) is 6.26 Å². The lowest BCUT2D eigenvalue weighted by Crippen LogP contribution is -2.09.